The summed E-state index contributed by atoms with van der Waals surface area (Å²) >= 11 is 1.69. The summed E-state index contributed by atoms with van der Waals surface area (Å²) in [6.45, 7) is 0.891. The average Bonchev–Trinajstić information content (AvgIpc) is 3.60. The Morgan fingerprint density at radius 3 is 2.08 bits per heavy atom. The van der Waals surface area contributed by atoms with Crippen LogP contribution in [0.25, 0.3) is 11.1 Å². The predicted octanol–water partition coefficient (Wildman–Crippen LogP) is 8.59. The molecule has 0 saturated heterocycles. The van der Waals surface area contributed by atoms with Gasteiger partial charge >= 0.3 is 0 Å². The lowest BCUT2D eigenvalue weighted by molar-refractivity contribution is -0.130. The second-order valence-corrected chi connectivity index (χ2v) is 13.9. The number of amides is 1. The highest BCUT2D eigenvalue weighted by Gasteiger charge is 2.53. The van der Waals surface area contributed by atoms with Crippen molar-refractivity contribution in [3.63, 3.8) is 0 Å². The molecule has 0 aromatic heterocycles. The van der Waals surface area contributed by atoms with E-state index in [2.05, 4.69) is 59.4 Å². The van der Waals surface area contributed by atoms with Crippen molar-refractivity contribution in [3.8, 4) is 16.9 Å². The third-order valence-electron chi connectivity index (χ3n) is 9.09. The van der Waals surface area contributed by atoms with Crippen molar-refractivity contribution in [2.45, 2.75) is 40.8 Å². The average molecular weight is 720 g/mol. The monoisotopic (exact) mass is 719 g/mol. The zero-order valence-electron chi connectivity index (χ0n) is 29.2. The number of nitrogens with one attached hydrogen (secondary N) is 2. The molecule has 7 rings (SSSR count). The van der Waals surface area contributed by atoms with Gasteiger partial charge in [-0.1, -0.05) is 133 Å². The van der Waals surface area contributed by atoms with E-state index in [1.165, 1.54) is 0 Å². The van der Waals surface area contributed by atoms with Gasteiger partial charge in [0.15, 0.2) is 11.6 Å². The molecule has 3 N–H and O–H groups in total. The lowest BCUT2D eigenvalue weighted by atomic mass is 9.82. The third kappa shape index (κ3) is 8.69. The van der Waals surface area contributed by atoms with E-state index in [-0.39, 0.29) is 12.5 Å². The maximum atomic E-state index is 14.8. The Balaban J connectivity index is 1.21. The summed E-state index contributed by atoms with van der Waals surface area (Å²) in [5.74, 6) is 0.752. The van der Waals surface area contributed by atoms with Gasteiger partial charge in [-0.25, -0.2) is 10.4 Å². The fourth-order valence-electron chi connectivity index (χ4n) is 6.36. The summed E-state index contributed by atoms with van der Waals surface area (Å²) < 4.78 is 12.5. The van der Waals surface area contributed by atoms with Crippen LogP contribution in [0.2, 0.25) is 0 Å². The highest BCUT2D eigenvalue weighted by Crippen LogP contribution is 2.43. The summed E-state index contributed by atoms with van der Waals surface area (Å²) in [6.07, 6.45) is 0.120. The van der Waals surface area contributed by atoms with Crippen molar-refractivity contribution in [1.82, 2.24) is 10.9 Å². The summed E-state index contributed by atoms with van der Waals surface area (Å²) in [5.41, 5.74) is 10.7. The molecule has 1 aliphatic rings. The van der Waals surface area contributed by atoms with E-state index < -0.39 is 11.6 Å². The van der Waals surface area contributed by atoms with E-state index in [1.54, 1.807) is 11.8 Å². The smallest absolute Gasteiger partial charge is 0.266 e. The Labute approximate surface area is 314 Å². The SMILES string of the molecule is O=C(NNCc1ccccc1Sc1ccccc1)[C@@]1(Cc2ccccc2)N=C(c2ccc(OCCCO)cc2)O[C@H]1c1ccc(-c2ccccc2)cc1. The molecule has 6 aromatic rings. The van der Waals surface area contributed by atoms with Crippen LogP contribution in [-0.2, 0) is 22.5 Å². The number of carbonyl (C=O) groups excluding carboxylic acids is 1. The van der Waals surface area contributed by atoms with E-state index in [0.29, 0.717) is 37.6 Å². The molecule has 0 saturated carbocycles. The molecule has 0 spiro atoms. The Hall–Kier alpha value is -5.67. The van der Waals surface area contributed by atoms with Gasteiger partial charge in [0, 0.05) is 41.3 Å². The van der Waals surface area contributed by atoms with Crippen molar-refractivity contribution < 1.29 is 19.4 Å². The van der Waals surface area contributed by atoms with Crippen LogP contribution in [-0.4, -0.2) is 35.7 Å². The molecule has 2 atom stereocenters. The number of hydrogen-bond donors (Lipinski definition) is 3. The molecule has 0 bridgehead atoms. The number of benzene rings is 6. The molecule has 1 aliphatic heterocycles. The van der Waals surface area contributed by atoms with Gasteiger partial charge < -0.3 is 14.6 Å². The second-order valence-electron chi connectivity index (χ2n) is 12.8. The minimum absolute atomic E-state index is 0.0655. The van der Waals surface area contributed by atoms with E-state index in [1.807, 2.05) is 115 Å². The standard InChI is InChI=1S/C45H41N3O4S/c49-29-12-30-51-39-27-25-37(26-28-39)43-47-45(31-33-13-4-1-5-14-33,42(52-43)36-23-21-35(22-24-36)34-15-6-2-7-16-34)44(50)48-46-32-38-17-10-11-20-41(38)53-40-18-8-3-9-19-40/h1-11,13-28,42,46,49H,12,29-32H2,(H,48,50)/t42-,45-/m0/s1. The third-order valence-corrected chi connectivity index (χ3v) is 10.2. The van der Waals surface area contributed by atoms with Crippen LogP contribution in [0.5, 0.6) is 5.75 Å². The molecular weight excluding hydrogens is 679 g/mol. The molecule has 0 unspecified atom stereocenters. The van der Waals surface area contributed by atoms with Crippen LogP contribution in [0, 0.1) is 0 Å². The van der Waals surface area contributed by atoms with Crippen LogP contribution in [0.3, 0.4) is 0 Å². The van der Waals surface area contributed by atoms with E-state index in [0.717, 1.165) is 43.2 Å². The number of aliphatic hydroxyl groups excluding tert-OH is 1. The molecule has 266 valence electrons. The van der Waals surface area contributed by atoms with Gasteiger partial charge in [0.1, 0.15) is 5.75 Å². The first-order valence-corrected chi connectivity index (χ1v) is 18.6. The van der Waals surface area contributed by atoms with Crippen molar-refractivity contribution >= 4 is 23.6 Å². The van der Waals surface area contributed by atoms with Gasteiger partial charge in [-0.3, -0.25) is 10.2 Å². The zero-order chi connectivity index (χ0) is 36.3. The topological polar surface area (TPSA) is 92.2 Å². The quantitative estimate of drug-likeness (QED) is 0.0728. The summed E-state index contributed by atoms with van der Waals surface area (Å²) in [6, 6.07) is 54.2. The first-order chi connectivity index (χ1) is 26.1. The van der Waals surface area contributed by atoms with Crippen LogP contribution in [0.1, 0.15) is 34.8 Å². The predicted molar refractivity (Wildman–Crippen MR) is 211 cm³/mol. The Morgan fingerprint density at radius 2 is 1.36 bits per heavy atom. The normalized spacial score (nSPS) is 16.4. The lowest BCUT2D eigenvalue weighted by Crippen LogP contribution is -2.53. The first kappa shape index (κ1) is 35.7. The Kier molecular flexibility index (Phi) is 11.6. The molecule has 0 radical (unpaired) electrons. The van der Waals surface area contributed by atoms with Crippen molar-refractivity contribution in [2.24, 2.45) is 4.99 Å². The van der Waals surface area contributed by atoms with Crippen LogP contribution in [0.4, 0.5) is 0 Å². The van der Waals surface area contributed by atoms with Gasteiger partial charge in [0.25, 0.3) is 5.91 Å². The van der Waals surface area contributed by atoms with Crippen LogP contribution >= 0.6 is 11.8 Å². The number of carbonyl (C=O) groups is 1. The van der Waals surface area contributed by atoms with Crippen LogP contribution in [0.15, 0.2) is 179 Å². The van der Waals surface area contributed by atoms with E-state index >= 15 is 0 Å². The first-order valence-electron chi connectivity index (χ1n) is 17.8. The number of aliphatic hydroxyl groups is 1. The number of hydrazine groups is 1. The largest absolute Gasteiger partial charge is 0.494 e. The summed E-state index contributed by atoms with van der Waals surface area (Å²) in [5, 5.41) is 9.15. The molecule has 0 fully saturated rings. The minimum atomic E-state index is -1.35. The number of nitrogens with zero attached hydrogens (tertiary/aromatic N) is 1. The number of aliphatic imine (C=N–C) groups is 1. The van der Waals surface area contributed by atoms with Gasteiger partial charge in [0.2, 0.25) is 5.90 Å². The molecule has 1 heterocycles. The molecule has 1 amide bonds. The zero-order valence-corrected chi connectivity index (χ0v) is 30.0. The molecule has 53 heavy (non-hydrogen) atoms. The van der Waals surface area contributed by atoms with Gasteiger partial charge in [0.05, 0.1) is 6.61 Å². The molecule has 0 aliphatic carbocycles. The number of ether oxygens (including phenoxy) is 2. The highest BCUT2D eigenvalue weighted by atomic mass is 32.2. The molecule has 6 aromatic carbocycles. The maximum absolute atomic E-state index is 14.8. The highest BCUT2D eigenvalue weighted by molar-refractivity contribution is 7.99. The molecular formula is C45H41N3O4S. The number of rotatable bonds is 15. The van der Waals surface area contributed by atoms with Gasteiger partial charge in [-0.05, 0) is 70.3 Å². The van der Waals surface area contributed by atoms with Crippen molar-refractivity contribution in [1.29, 1.82) is 0 Å². The van der Waals surface area contributed by atoms with E-state index in [4.69, 9.17) is 19.6 Å². The maximum Gasteiger partial charge on any atom is 0.266 e. The molecule has 7 nitrogen and oxygen atoms in total. The Morgan fingerprint density at radius 1 is 0.736 bits per heavy atom. The molecule has 8 heteroatoms. The summed E-state index contributed by atoms with van der Waals surface area (Å²) in [4.78, 5) is 22.2. The Bertz CT molecular complexity index is 2110. The van der Waals surface area contributed by atoms with Crippen LogP contribution < -0.4 is 15.6 Å². The fraction of sp³-hybridized carbons (Fsp3) is 0.156. The van der Waals surface area contributed by atoms with Crippen molar-refractivity contribution in [2.75, 3.05) is 13.2 Å². The number of hydrogen-bond acceptors (Lipinski definition) is 7. The van der Waals surface area contributed by atoms with E-state index in [9.17, 15) is 4.79 Å². The minimum Gasteiger partial charge on any atom is -0.494 e. The fourth-order valence-corrected chi connectivity index (χ4v) is 7.33. The lowest BCUT2D eigenvalue weighted by Gasteiger charge is -2.31. The van der Waals surface area contributed by atoms with Crippen molar-refractivity contribution in [3.05, 3.63) is 186 Å². The second kappa shape index (κ2) is 17.2. The van der Waals surface area contributed by atoms with Gasteiger partial charge in [-0.2, -0.15) is 0 Å². The van der Waals surface area contributed by atoms with Gasteiger partial charge in [-0.15, -0.1) is 0 Å². The summed E-state index contributed by atoms with van der Waals surface area (Å²) in [7, 11) is 0.